The van der Waals surface area contributed by atoms with Gasteiger partial charge < -0.3 is 15.0 Å². The summed E-state index contributed by atoms with van der Waals surface area (Å²) in [4.78, 5) is 37.8. The van der Waals surface area contributed by atoms with Crippen LogP contribution in [0.1, 0.15) is 35.8 Å². The van der Waals surface area contributed by atoms with E-state index in [0.717, 1.165) is 53.2 Å². The van der Waals surface area contributed by atoms with Gasteiger partial charge in [0.05, 0.1) is 12.0 Å². The lowest BCUT2D eigenvalue weighted by molar-refractivity contribution is -0.137. The highest BCUT2D eigenvalue weighted by Gasteiger charge is 2.27. The number of fused-ring (bicyclic) bond motifs is 1. The lowest BCUT2D eigenvalue weighted by atomic mass is 9.95. The van der Waals surface area contributed by atoms with Crippen molar-refractivity contribution in [1.82, 2.24) is 9.97 Å². The second-order valence-electron chi connectivity index (χ2n) is 8.12. The Kier molecular flexibility index (Phi) is 7.03. The first kappa shape index (κ1) is 22.9. The molecule has 0 spiro atoms. The molecule has 1 aliphatic heterocycles. The molecule has 33 heavy (non-hydrogen) atoms. The lowest BCUT2D eigenvalue weighted by Crippen LogP contribution is -2.38. The van der Waals surface area contributed by atoms with E-state index in [0.29, 0.717) is 6.61 Å². The maximum atomic E-state index is 12.8. The third kappa shape index (κ3) is 5.22. The Morgan fingerprint density at radius 2 is 1.91 bits per heavy atom. The largest absolute Gasteiger partial charge is 0.463 e. The molecular formula is C25H28N4O3S. The van der Waals surface area contributed by atoms with Crippen molar-refractivity contribution in [1.29, 1.82) is 0 Å². The van der Waals surface area contributed by atoms with Gasteiger partial charge in [0.25, 0.3) is 0 Å². The first-order chi connectivity index (χ1) is 16.0. The van der Waals surface area contributed by atoms with Gasteiger partial charge in [0.2, 0.25) is 5.91 Å². The molecule has 0 radical (unpaired) electrons. The smallest absolute Gasteiger partial charge is 0.330 e. The molecule has 0 atom stereocenters. The fourth-order valence-corrected chi connectivity index (χ4v) is 5.03. The first-order valence-corrected chi connectivity index (χ1v) is 12.0. The summed E-state index contributed by atoms with van der Waals surface area (Å²) in [5, 5.41) is 4.16. The van der Waals surface area contributed by atoms with E-state index in [2.05, 4.69) is 34.0 Å². The van der Waals surface area contributed by atoms with E-state index in [1.54, 1.807) is 30.7 Å². The summed E-state index contributed by atoms with van der Waals surface area (Å²) < 4.78 is 4.88. The molecule has 0 bridgehead atoms. The van der Waals surface area contributed by atoms with Gasteiger partial charge in [-0.25, -0.2) is 14.8 Å². The second-order valence-corrected chi connectivity index (χ2v) is 9.32. The van der Waals surface area contributed by atoms with Crippen LogP contribution in [-0.4, -0.2) is 41.5 Å². The molecule has 1 aromatic carbocycles. The molecule has 7 nitrogen and oxygen atoms in total. The number of carbonyl (C=O) groups excluding carboxylic acids is 2. The molecule has 1 amide bonds. The van der Waals surface area contributed by atoms with Crippen LogP contribution in [0.2, 0.25) is 0 Å². The standard InChI is InChI=1S/C25H28N4O3S/c1-4-32-21(30)10-7-18-5-8-20(9-6-18)28-24(31)19-11-13-29(14-12-19)23-22-16(2)17(3)33-25(22)27-15-26-23/h5-10,15,19H,4,11-14H2,1-3H3,(H,28,31)/b10-7+. The average Bonchev–Trinajstić information content (AvgIpc) is 3.12. The monoisotopic (exact) mass is 464 g/mol. The van der Waals surface area contributed by atoms with E-state index >= 15 is 0 Å². The van der Waals surface area contributed by atoms with Crippen LogP contribution in [0.15, 0.2) is 36.7 Å². The van der Waals surface area contributed by atoms with Gasteiger partial charge in [0.1, 0.15) is 17.0 Å². The number of aromatic nitrogens is 2. The number of esters is 1. The molecule has 0 saturated carbocycles. The highest BCUT2D eigenvalue weighted by molar-refractivity contribution is 7.18. The highest BCUT2D eigenvalue weighted by Crippen LogP contribution is 2.35. The van der Waals surface area contributed by atoms with Gasteiger partial charge in [-0.3, -0.25) is 4.79 Å². The van der Waals surface area contributed by atoms with Gasteiger partial charge in [-0.15, -0.1) is 11.3 Å². The molecule has 1 saturated heterocycles. The Balaban J connectivity index is 1.34. The summed E-state index contributed by atoms with van der Waals surface area (Å²) in [6.07, 6.45) is 6.28. The molecular weight excluding hydrogens is 436 g/mol. The van der Waals surface area contributed by atoms with Crippen LogP contribution < -0.4 is 10.2 Å². The van der Waals surface area contributed by atoms with E-state index in [4.69, 9.17) is 4.74 Å². The van der Waals surface area contributed by atoms with Gasteiger partial charge >= 0.3 is 5.97 Å². The normalized spacial score (nSPS) is 14.7. The quantitative estimate of drug-likeness (QED) is 0.419. The summed E-state index contributed by atoms with van der Waals surface area (Å²) in [5.41, 5.74) is 2.85. The van der Waals surface area contributed by atoms with Crippen LogP contribution in [0.3, 0.4) is 0 Å². The van der Waals surface area contributed by atoms with Crippen molar-refractivity contribution in [2.24, 2.45) is 5.92 Å². The predicted molar refractivity (Wildman–Crippen MR) is 133 cm³/mol. The molecule has 3 aromatic rings. The number of nitrogens with zero attached hydrogens (tertiary/aromatic N) is 3. The summed E-state index contributed by atoms with van der Waals surface area (Å²) in [7, 11) is 0. The number of hydrogen-bond donors (Lipinski definition) is 1. The molecule has 3 heterocycles. The van der Waals surface area contributed by atoms with Gasteiger partial charge in [0, 0.05) is 35.6 Å². The Morgan fingerprint density at radius 3 is 2.61 bits per heavy atom. The number of amides is 1. The zero-order chi connectivity index (χ0) is 23.4. The zero-order valence-electron chi connectivity index (χ0n) is 19.1. The van der Waals surface area contributed by atoms with Crippen molar-refractivity contribution < 1.29 is 14.3 Å². The Morgan fingerprint density at radius 1 is 1.18 bits per heavy atom. The summed E-state index contributed by atoms with van der Waals surface area (Å²) in [5.74, 6) is 0.618. The molecule has 1 N–H and O–H groups in total. The summed E-state index contributed by atoms with van der Waals surface area (Å²) in [6.45, 7) is 7.94. The Labute approximate surface area is 197 Å². The Bertz CT molecular complexity index is 1180. The highest BCUT2D eigenvalue weighted by atomic mass is 32.1. The Hall–Kier alpha value is -3.26. The number of piperidine rings is 1. The van der Waals surface area contributed by atoms with E-state index in [9.17, 15) is 9.59 Å². The minimum Gasteiger partial charge on any atom is -0.463 e. The van der Waals surface area contributed by atoms with Crippen molar-refractivity contribution in [2.45, 2.75) is 33.6 Å². The molecule has 1 aliphatic rings. The van der Waals surface area contributed by atoms with Gasteiger partial charge in [-0.05, 0) is 62.9 Å². The number of thiophene rings is 1. The fourth-order valence-electron chi connectivity index (χ4n) is 4.03. The number of benzene rings is 1. The van der Waals surface area contributed by atoms with Crippen molar-refractivity contribution in [3.8, 4) is 0 Å². The van der Waals surface area contributed by atoms with Crippen molar-refractivity contribution in [3.05, 3.63) is 52.7 Å². The third-order valence-electron chi connectivity index (χ3n) is 5.99. The molecule has 4 rings (SSSR count). The second kappa shape index (κ2) is 10.1. The number of carbonyl (C=O) groups is 2. The number of ether oxygens (including phenoxy) is 1. The molecule has 2 aromatic heterocycles. The maximum Gasteiger partial charge on any atom is 0.330 e. The SMILES string of the molecule is CCOC(=O)/C=C/c1ccc(NC(=O)C2CCN(c3ncnc4sc(C)c(C)c34)CC2)cc1. The molecule has 0 unspecified atom stereocenters. The lowest BCUT2D eigenvalue weighted by Gasteiger charge is -2.32. The van der Waals surface area contributed by atoms with Crippen LogP contribution in [0, 0.1) is 19.8 Å². The van der Waals surface area contributed by atoms with Crippen LogP contribution >= 0.6 is 11.3 Å². The molecule has 1 fully saturated rings. The van der Waals surface area contributed by atoms with Crippen LogP contribution in [0.5, 0.6) is 0 Å². The first-order valence-electron chi connectivity index (χ1n) is 11.2. The van der Waals surface area contributed by atoms with Gasteiger partial charge in [-0.2, -0.15) is 0 Å². The van der Waals surface area contributed by atoms with Crippen LogP contribution in [0.4, 0.5) is 11.5 Å². The van der Waals surface area contributed by atoms with Crippen LogP contribution in [0.25, 0.3) is 16.3 Å². The number of nitrogens with one attached hydrogen (secondary N) is 1. The van der Waals surface area contributed by atoms with Crippen molar-refractivity contribution >= 4 is 51.0 Å². The topological polar surface area (TPSA) is 84.4 Å². The van der Waals surface area contributed by atoms with Crippen molar-refractivity contribution in [3.63, 3.8) is 0 Å². The third-order valence-corrected chi connectivity index (χ3v) is 7.10. The van der Waals surface area contributed by atoms with Crippen LogP contribution in [-0.2, 0) is 14.3 Å². The van der Waals surface area contributed by atoms with Crippen molar-refractivity contribution in [2.75, 3.05) is 29.9 Å². The average molecular weight is 465 g/mol. The van der Waals surface area contributed by atoms with E-state index < -0.39 is 0 Å². The van der Waals surface area contributed by atoms with Gasteiger partial charge in [-0.1, -0.05) is 12.1 Å². The summed E-state index contributed by atoms with van der Waals surface area (Å²) in [6, 6.07) is 7.41. The molecule has 0 aliphatic carbocycles. The van der Waals surface area contributed by atoms with Gasteiger partial charge in [0.15, 0.2) is 0 Å². The fraction of sp³-hybridized carbons (Fsp3) is 0.360. The number of rotatable bonds is 6. The number of hydrogen-bond acceptors (Lipinski definition) is 7. The predicted octanol–water partition coefficient (Wildman–Crippen LogP) is 4.74. The maximum absolute atomic E-state index is 12.8. The minimum atomic E-state index is -0.367. The minimum absolute atomic E-state index is 0.0349. The van der Waals surface area contributed by atoms with E-state index in [1.165, 1.54) is 16.5 Å². The summed E-state index contributed by atoms with van der Waals surface area (Å²) >= 11 is 1.70. The van der Waals surface area contributed by atoms with E-state index in [-0.39, 0.29) is 17.8 Å². The molecule has 172 valence electrons. The zero-order valence-corrected chi connectivity index (χ0v) is 19.9. The number of aryl methyl sites for hydroxylation is 2. The number of anilines is 2. The molecule has 8 heteroatoms. The van der Waals surface area contributed by atoms with E-state index in [1.807, 2.05) is 24.3 Å².